The van der Waals surface area contributed by atoms with Crippen molar-refractivity contribution in [3.8, 4) is 5.75 Å². The number of carbonyl (C=O) groups excluding carboxylic acids is 3. The number of hydrogen-bond donors (Lipinski definition) is 3. The molecule has 1 atom stereocenters. The second-order valence-electron chi connectivity index (χ2n) is 15.9. The maximum Gasteiger partial charge on any atom is 0.258 e. The van der Waals surface area contributed by atoms with Gasteiger partial charge in [0.05, 0.1) is 30.2 Å². The van der Waals surface area contributed by atoms with Crippen LogP contribution in [0.4, 0.5) is 33.2 Å². The lowest BCUT2D eigenvalue weighted by atomic mass is 10.0. The van der Waals surface area contributed by atoms with E-state index < -0.39 is 30.8 Å². The number of aromatic nitrogens is 2. The molecule has 8 rings (SSSR count). The van der Waals surface area contributed by atoms with Gasteiger partial charge in [-0.25, -0.2) is 9.37 Å². The second-order valence-corrected chi connectivity index (χ2v) is 19.5. The van der Waals surface area contributed by atoms with Crippen molar-refractivity contribution in [2.24, 2.45) is 0 Å². The number of halogens is 2. The SMILES string of the molecule is COc1cc(N2CCC(N3CCN(Cc4cc(F)c5c(c4)CN(C4CCC(=O)NC4=O)C5=O)CC3)CC2)ccc1Nc1ncc(Cl)c(Nc2ccccc2P(C)(C)=O)n1. The molecule has 0 radical (unpaired) electrons. The third kappa shape index (κ3) is 8.79. The summed E-state index contributed by atoms with van der Waals surface area (Å²) < 4.78 is 34.0. The molecule has 3 saturated heterocycles. The summed E-state index contributed by atoms with van der Waals surface area (Å²) in [5.41, 5.74) is 3.87. The maximum atomic E-state index is 15.3. The summed E-state index contributed by atoms with van der Waals surface area (Å²) in [6.07, 6.45) is 3.97. The summed E-state index contributed by atoms with van der Waals surface area (Å²) >= 11 is 6.47. The van der Waals surface area contributed by atoms with E-state index in [0.29, 0.717) is 57.4 Å². The van der Waals surface area contributed by atoms with Gasteiger partial charge in [0, 0.05) is 81.9 Å². The molecule has 0 saturated carbocycles. The first-order chi connectivity index (χ1) is 28.3. The fourth-order valence-corrected chi connectivity index (χ4v) is 9.93. The van der Waals surface area contributed by atoms with Crippen molar-refractivity contribution in [3.63, 3.8) is 0 Å². The van der Waals surface area contributed by atoms with E-state index in [2.05, 4.69) is 46.7 Å². The lowest BCUT2D eigenvalue weighted by molar-refractivity contribution is -0.136. The highest BCUT2D eigenvalue weighted by Gasteiger charge is 2.41. The molecule has 310 valence electrons. The summed E-state index contributed by atoms with van der Waals surface area (Å²) in [7, 11) is -0.923. The second kappa shape index (κ2) is 16.9. The summed E-state index contributed by atoms with van der Waals surface area (Å²) in [6.45, 7) is 9.54. The van der Waals surface area contributed by atoms with Gasteiger partial charge in [-0.15, -0.1) is 0 Å². The quantitative estimate of drug-likeness (QED) is 0.128. The minimum absolute atomic E-state index is 0.0294. The van der Waals surface area contributed by atoms with Gasteiger partial charge in [0.2, 0.25) is 17.8 Å². The normalized spacial score (nSPS) is 19.5. The Bertz CT molecular complexity index is 2330. The molecule has 59 heavy (non-hydrogen) atoms. The van der Waals surface area contributed by atoms with Crippen molar-refractivity contribution in [1.29, 1.82) is 0 Å². The lowest BCUT2D eigenvalue weighted by Crippen LogP contribution is -2.53. The summed E-state index contributed by atoms with van der Waals surface area (Å²) in [5.74, 6) is -0.546. The number of piperazine rings is 1. The highest BCUT2D eigenvalue weighted by molar-refractivity contribution is 7.70. The number of amides is 3. The Balaban J connectivity index is 0.834. The minimum Gasteiger partial charge on any atom is -0.494 e. The van der Waals surface area contributed by atoms with Gasteiger partial charge >= 0.3 is 0 Å². The largest absolute Gasteiger partial charge is 0.494 e. The van der Waals surface area contributed by atoms with Crippen LogP contribution in [-0.4, -0.2) is 114 Å². The topological polar surface area (TPSA) is 152 Å². The van der Waals surface area contributed by atoms with Crippen LogP contribution >= 0.6 is 18.7 Å². The first-order valence-corrected chi connectivity index (χ1v) is 22.9. The maximum absolute atomic E-state index is 15.3. The number of nitrogens with zero attached hydrogens (tertiary/aromatic N) is 6. The number of imide groups is 1. The average molecular weight is 844 g/mol. The molecule has 1 aromatic heterocycles. The number of rotatable bonds is 11. The Hall–Kier alpha value is -5.08. The van der Waals surface area contributed by atoms with Gasteiger partial charge in [0.15, 0.2) is 5.82 Å². The average Bonchev–Trinajstić information content (AvgIpc) is 3.55. The molecule has 1 unspecified atom stereocenters. The van der Waals surface area contributed by atoms with Crippen LogP contribution in [0.5, 0.6) is 5.75 Å². The van der Waals surface area contributed by atoms with E-state index in [9.17, 15) is 18.9 Å². The Morgan fingerprint density at radius 1 is 0.949 bits per heavy atom. The number of para-hydroxylation sites is 1. The number of nitrogens with one attached hydrogen (secondary N) is 3. The van der Waals surface area contributed by atoms with Gasteiger partial charge in [-0.3, -0.25) is 29.5 Å². The Morgan fingerprint density at radius 2 is 1.71 bits per heavy atom. The molecule has 3 aromatic carbocycles. The first-order valence-electron chi connectivity index (χ1n) is 19.9. The number of anilines is 5. The standard InChI is InChI=1S/C42H48ClFN9O5P/c1-58-35-22-29(8-9-32(35)47-42-45-23-30(43)39(49-42)46-33-6-4-5-7-36(33)59(2,3)57)51-14-12-28(13-15-51)52-18-16-50(17-19-52)24-26-20-27-25-53(41(56)38(27)31(44)21-26)34-10-11-37(54)48-40(34)55/h4-9,20-23,28,34H,10-19,24-25H2,1-3H3,(H,48,54,55)(H2,45,46,47,49). The van der Waals surface area contributed by atoms with Gasteiger partial charge in [-0.05, 0) is 74.1 Å². The van der Waals surface area contributed by atoms with Gasteiger partial charge in [0.25, 0.3) is 5.91 Å². The number of fused-ring (bicyclic) bond motifs is 1. The monoisotopic (exact) mass is 843 g/mol. The molecule has 3 amide bonds. The molecule has 14 nitrogen and oxygen atoms in total. The van der Waals surface area contributed by atoms with Crippen LogP contribution in [0.3, 0.4) is 0 Å². The van der Waals surface area contributed by atoms with Crippen LogP contribution < -0.4 is 30.9 Å². The molecule has 3 fully saturated rings. The fourth-order valence-electron chi connectivity index (χ4n) is 8.64. The van der Waals surface area contributed by atoms with E-state index in [1.165, 1.54) is 17.2 Å². The molecule has 17 heteroatoms. The van der Waals surface area contributed by atoms with Crippen LogP contribution in [0.15, 0.2) is 60.8 Å². The Kier molecular flexibility index (Phi) is 11.6. The van der Waals surface area contributed by atoms with Crippen LogP contribution in [0, 0.1) is 5.82 Å². The van der Waals surface area contributed by atoms with E-state index in [0.717, 1.165) is 63.4 Å². The minimum atomic E-state index is -2.56. The van der Waals surface area contributed by atoms with Crippen molar-refractivity contribution in [3.05, 3.63) is 88.3 Å². The number of methoxy groups -OCH3 is 1. The van der Waals surface area contributed by atoms with E-state index in [1.54, 1.807) is 20.4 Å². The van der Waals surface area contributed by atoms with Crippen molar-refractivity contribution in [2.45, 2.75) is 50.9 Å². The molecule has 3 N–H and O–H groups in total. The predicted molar refractivity (Wildman–Crippen MR) is 227 cm³/mol. The molecule has 0 aliphatic carbocycles. The first kappa shape index (κ1) is 40.7. The summed E-state index contributed by atoms with van der Waals surface area (Å²) in [4.78, 5) is 54.8. The van der Waals surface area contributed by atoms with Gasteiger partial charge < -0.3 is 29.7 Å². The van der Waals surface area contributed by atoms with Crippen LogP contribution in [0.1, 0.15) is 47.2 Å². The van der Waals surface area contributed by atoms with E-state index >= 15 is 4.39 Å². The zero-order valence-electron chi connectivity index (χ0n) is 33.3. The summed E-state index contributed by atoms with van der Waals surface area (Å²) in [5, 5.41) is 9.83. The molecule has 4 aromatic rings. The molecule has 5 heterocycles. The van der Waals surface area contributed by atoms with Crippen molar-refractivity contribution in [1.82, 2.24) is 30.0 Å². The Labute approximate surface area is 347 Å². The van der Waals surface area contributed by atoms with Crippen LogP contribution in [-0.2, 0) is 27.2 Å². The van der Waals surface area contributed by atoms with Gasteiger partial charge in [0.1, 0.15) is 29.8 Å². The fraction of sp³-hybridized carbons (Fsp3) is 0.405. The molecule has 4 aliphatic rings. The zero-order valence-corrected chi connectivity index (χ0v) is 35.0. The molecular formula is C42H48ClFN9O5P. The van der Waals surface area contributed by atoms with E-state index in [4.69, 9.17) is 16.3 Å². The molecule has 4 aliphatic heterocycles. The van der Waals surface area contributed by atoms with Gasteiger partial charge in [-0.1, -0.05) is 29.8 Å². The summed E-state index contributed by atoms with van der Waals surface area (Å²) in [6, 6.07) is 16.5. The number of ether oxygens (including phenoxy) is 1. The zero-order chi connectivity index (χ0) is 41.4. The smallest absolute Gasteiger partial charge is 0.258 e. The molecule has 0 bridgehead atoms. The van der Waals surface area contributed by atoms with Crippen LogP contribution in [0.25, 0.3) is 0 Å². The van der Waals surface area contributed by atoms with Crippen molar-refractivity contribution >= 4 is 70.6 Å². The third-order valence-electron chi connectivity index (χ3n) is 11.7. The number of benzene rings is 3. The third-order valence-corrected chi connectivity index (χ3v) is 13.5. The number of hydrogen-bond acceptors (Lipinski definition) is 12. The van der Waals surface area contributed by atoms with E-state index in [-0.39, 0.29) is 30.9 Å². The lowest BCUT2D eigenvalue weighted by Gasteiger charge is -2.43. The van der Waals surface area contributed by atoms with E-state index in [1.807, 2.05) is 42.5 Å². The Morgan fingerprint density at radius 3 is 2.44 bits per heavy atom. The molecule has 0 spiro atoms. The predicted octanol–water partition coefficient (Wildman–Crippen LogP) is 5.56. The van der Waals surface area contributed by atoms with Gasteiger partial charge in [-0.2, -0.15) is 4.98 Å². The van der Waals surface area contributed by atoms with Crippen molar-refractivity contribution in [2.75, 3.05) is 75.2 Å². The highest BCUT2D eigenvalue weighted by Crippen LogP contribution is 2.39. The van der Waals surface area contributed by atoms with Crippen molar-refractivity contribution < 1.29 is 28.1 Å². The molecular weight excluding hydrogens is 796 g/mol. The number of piperidine rings is 2. The number of carbonyl (C=O) groups is 3. The highest BCUT2D eigenvalue weighted by atomic mass is 35.5. The van der Waals surface area contributed by atoms with Crippen LogP contribution in [0.2, 0.25) is 5.02 Å².